The van der Waals surface area contributed by atoms with Crippen LogP contribution in [0.5, 0.6) is 0 Å². The van der Waals surface area contributed by atoms with Crippen molar-refractivity contribution in [3.8, 4) is 0 Å². The standard InChI is InChI=1S/C16H27N3O2/c1-11(15-12(2)19-21-13(15)3)18-14(20)10-16(17-4)8-6-5-7-9-16/h11,17H,5-10H2,1-4H3,(H,18,20). The highest BCUT2D eigenvalue weighted by Gasteiger charge is 2.33. The zero-order valence-electron chi connectivity index (χ0n) is 13.6. The summed E-state index contributed by atoms with van der Waals surface area (Å²) in [7, 11) is 1.97. The van der Waals surface area contributed by atoms with Crippen molar-refractivity contribution in [3.63, 3.8) is 0 Å². The van der Waals surface area contributed by atoms with E-state index in [-0.39, 0.29) is 17.5 Å². The minimum Gasteiger partial charge on any atom is -0.361 e. The van der Waals surface area contributed by atoms with Crippen molar-refractivity contribution >= 4 is 5.91 Å². The largest absolute Gasteiger partial charge is 0.361 e. The minimum absolute atomic E-state index is 0.0270. The molecule has 0 aromatic carbocycles. The third-order valence-electron chi connectivity index (χ3n) is 4.74. The molecule has 1 atom stereocenters. The third kappa shape index (κ3) is 3.64. The number of hydrogen-bond acceptors (Lipinski definition) is 4. The summed E-state index contributed by atoms with van der Waals surface area (Å²) in [6.07, 6.45) is 6.38. The van der Waals surface area contributed by atoms with Crippen molar-refractivity contribution in [1.82, 2.24) is 15.8 Å². The van der Waals surface area contributed by atoms with Gasteiger partial charge in [-0.2, -0.15) is 0 Å². The van der Waals surface area contributed by atoms with E-state index >= 15 is 0 Å². The molecule has 5 heteroatoms. The molecule has 0 radical (unpaired) electrons. The van der Waals surface area contributed by atoms with Crippen LogP contribution in [0.25, 0.3) is 0 Å². The molecule has 0 spiro atoms. The van der Waals surface area contributed by atoms with Crippen LogP contribution in [0.4, 0.5) is 0 Å². The first-order chi connectivity index (χ1) is 9.97. The highest BCUT2D eigenvalue weighted by molar-refractivity contribution is 5.77. The maximum Gasteiger partial charge on any atom is 0.222 e. The van der Waals surface area contributed by atoms with E-state index in [1.165, 1.54) is 19.3 Å². The zero-order valence-corrected chi connectivity index (χ0v) is 13.6. The molecule has 5 nitrogen and oxygen atoms in total. The Labute approximate surface area is 126 Å². The Morgan fingerprint density at radius 1 is 1.33 bits per heavy atom. The number of nitrogens with one attached hydrogen (secondary N) is 2. The lowest BCUT2D eigenvalue weighted by Crippen LogP contribution is -2.48. The Bertz CT molecular complexity index is 470. The van der Waals surface area contributed by atoms with Crippen LogP contribution in [0.2, 0.25) is 0 Å². The molecule has 1 aromatic heterocycles. The molecule has 118 valence electrons. The number of rotatable bonds is 5. The van der Waals surface area contributed by atoms with Crippen LogP contribution < -0.4 is 10.6 Å². The molecule has 1 aliphatic rings. The summed E-state index contributed by atoms with van der Waals surface area (Å²) in [4.78, 5) is 12.4. The molecule has 2 rings (SSSR count). The Morgan fingerprint density at radius 2 is 2.00 bits per heavy atom. The molecular weight excluding hydrogens is 266 g/mol. The van der Waals surface area contributed by atoms with Gasteiger partial charge in [0, 0.05) is 17.5 Å². The van der Waals surface area contributed by atoms with Gasteiger partial charge < -0.3 is 15.2 Å². The normalized spacial score (nSPS) is 19.2. The van der Waals surface area contributed by atoms with Gasteiger partial charge in [-0.15, -0.1) is 0 Å². The number of carbonyl (C=O) groups is 1. The van der Waals surface area contributed by atoms with E-state index in [2.05, 4.69) is 15.8 Å². The average Bonchev–Trinajstić information content (AvgIpc) is 2.79. The summed E-state index contributed by atoms with van der Waals surface area (Å²) >= 11 is 0. The number of amides is 1. The predicted octanol–water partition coefficient (Wildman–Crippen LogP) is 2.78. The molecule has 1 unspecified atom stereocenters. The lowest BCUT2D eigenvalue weighted by Gasteiger charge is -2.37. The highest BCUT2D eigenvalue weighted by Crippen LogP contribution is 2.31. The van der Waals surface area contributed by atoms with Gasteiger partial charge in [-0.3, -0.25) is 4.79 Å². The van der Waals surface area contributed by atoms with Crippen molar-refractivity contribution in [1.29, 1.82) is 0 Å². The first-order valence-corrected chi connectivity index (χ1v) is 7.88. The summed E-state index contributed by atoms with van der Waals surface area (Å²) in [6, 6.07) is -0.0683. The number of hydrogen-bond donors (Lipinski definition) is 2. The molecule has 1 aliphatic carbocycles. The topological polar surface area (TPSA) is 67.2 Å². The van der Waals surface area contributed by atoms with Gasteiger partial charge in [0.05, 0.1) is 11.7 Å². The molecule has 1 heterocycles. The molecule has 1 aromatic rings. The van der Waals surface area contributed by atoms with Crippen LogP contribution in [-0.4, -0.2) is 23.7 Å². The maximum absolute atomic E-state index is 12.4. The first kappa shape index (κ1) is 16.0. The van der Waals surface area contributed by atoms with Crippen LogP contribution in [0, 0.1) is 13.8 Å². The molecule has 21 heavy (non-hydrogen) atoms. The summed E-state index contributed by atoms with van der Waals surface area (Å²) in [5.74, 6) is 0.875. The SMILES string of the molecule is CNC1(CC(=O)NC(C)c2c(C)noc2C)CCCCC1. The van der Waals surface area contributed by atoms with E-state index in [9.17, 15) is 4.79 Å². The van der Waals surface area contributed by atoms with Crippen LogP contribution in [0.15, 0.2) is 4.52 Å². The summed E-state index contributed by atoms with van der Waals surface area (Å²) in [5.41, 5.74) is 1.81. The Kier molecular flexibility index (Phi) is 5.04. The van der Waals surface area contributed by atoms with E-state index in [4.69, 9.17) is 4.52 Å². The molecule has 1 amide bonds. The highest BCUT2D eigenvalue weighted by atomic mass is 16.5. The second-order valence-corrected chi connectivity index (χ2v) is 6.29. The fourth-order valence-corrected chi connectivity index (χ4v) is 3.52. The average molecular weight is 293 g/mol. The minimum atomic E-state index is -0.0683. The lowest BCUT2D eigenvalue weighted by molar-refractivity contribution is -0.123. The molecule has 2 N–H and O–H groups in total. The number of nitrogens with zero attached hydrogens (tertiary/aromatic N) is 1. The quantitative estimate of drug-likeness (QED) is 0.876. The zero-order chi connectivity index (χ0) is 15.5. The van der Waals surface area contributed by atoms with E-state index in [0.717, 1.165) is 29.9 Å². The van der Waals surface area contributed by atoms with E-state index in [0.29, 0.717) is 6.42 Å². The fraction of sp³-hybridized carbons (Fsp3) is 0.750. The van der Waals surface area contributed by atoms with Crippen molar-refractivity contribution in [2.24, 2.45) is 0 Å². The van der Waals surface area contributed by atoms with Crippen LogP contribution in [0.1, 0.15) is 68.5 Å². The molecular formula is C16H27N3O2. The van der Waals surface area contributed by atoms with Crippen molar-refractivity contribution in [3.05, 3.63) is 17.0 Å². The number of aromatic nitrogens is 1. The van der Waals surface area contributed by atoms with Gasteiger partial charge in [-0.25, -0.2) is 0 Å². The molecule has 0 aliphatic heterocycles. The lowest BCUT2D eigenvalue weighted by atomic mass is 9.79. The summed E-state index contributed by atoms with van der Waals surface area (Å²) in [5, 5.41) is 10.4. The van der Waals surface area contributed by atoms with Gasteiger partial charge in [-0.05, 0) is 40.7 Å². The van der Waals surface area contributed by atoms with E-state index < -0.39 is 0 Å². The monoisotopic (exact) mass is 293 g/mol. The van der Waals surface area contributed by atoms with Crippen molar-refractivity contribution in [2.75, 3.05) is 7.05 Å². The predicted molar refractivity (Wildman–Crippen MR) is 82.0 cm³/mol. The molecule has 0 bridgehead atoms. The van der Waals surface area contributed by atoms with Crippen molar-refractivity contribution in [2.45, 2.75) is 70.9 Å². The Hall–Kier alpha value is -1.36. The summed E-state index contributed by atoms with van der Waals surface area (Å²) < 4.78 is 5.18. The van der Waals surface area contributed by atoms with Crippen molar-refractivity contribution < 1.29 is 9.32 Å². The van der Waals surface area contributed by atoms with Crippen LogP contribution >= 0.6 is 0 Å². The third-order valence-corrected chi connectivity index (χ3v) is 4.74. The molecule has 0 saturated heterocycles. The fourth-order valence-electron chi connectivity index (χ4n) is 3.52. The van der Waals surface area contributed by atoms with Crippen LogP contribution in [-0.2, 0) is 4.79 Å². The molecule has 1 saturated carbocycles. The summed E-state index contributed by atoms with van der Waals surface area (Å²) in [6.45, 7) is 5.77. The first-order valence-electron chi connectivity index (χ1n) is 7.88. The number of carbonyl (C=O) groups excluding carboxylic acids is 1. The van der Waals surface area contributed by atoms with Gasteiger partial charge in [0.1, 0.15) is 5.76 Å². The van der Waals surface area contributed by atoms with Gasteiger partial charge in [0.25, 0.3) is 0 Å². The van der Waals surface area contributed by atoms with E-state index in [1.54, 1.807) is 0 Å². The molecule has 1 fully saturated rings. The number of aryl methyl sites for hydroxylation is 2. The maximum atomic E-state index is 12.4. The Morgan fingerprint density at radius 3 is 2.52 bits per heavy atom. The second-order valence-electron chi connectivity index (χ2n) is 6.29. The second kappa shape index (κ2) is 6.60. The van der Waals surface area contributed by atoms with Gasteiger partial charge in [-0.1, -0.05) is 24.4 Å². The van der Waals surface area contributed by atoms with E-state index in [1.807, 2.05) is 27.8 Å². The van der Waals surface area contributed by atoms with Crippen LogP contribution in [0.3, 0.4) is 0 Å². The smallest absolute Gasteiger partial charge is 0.222 e. The Balaban J connectivity index is 1.98. The van der Waals surface area contributed by atoms with Gasteiger partial charge in [0.2, 0.25) is 5.91 Å². The van der Waals surface area contributed by atoms with Gasteiger partial charge in [0.15, 0.2) is 0 Å². The van der Waals surface area contributed by atoms with Gasteiger partial charge >= 0.3 is 0 Å².